The molecule has 1 aromatic heterocycles. The van der Waals surface area contributed by atoms with Crippen molar-refractivity contribution >= 4 is 31.9 Å². The topological polar surface area (TPSA) is 67.3 Å². The van der Waals surface area contributed by atoms with Crippen molar-refractivity contribution in [3.05, 3.63) is 23.9 Å². The third kappa shape index (κ3) is 1.98. The van der Waals surface area contributed by atoms with E-state index in [1.807, 2.05) is 0 Å². The normalized spacial score (nSPS) is 23.1. The summed E-state index contributed by atoms with van der Waals surface area (Å²) in [6.45, 7) is 0.246. The maximum absolute atomic E-state index is 12.5. The van der Waals surface area contributed by atoms with E-state index in [1.165, 1.54) is 12.3 Å². The van der Waals surface area contributed by atoms with E-state index in [4.69, 9.17) is 0 Å². The van der Waals surface area contributed by atoms with Crippen molar-refractivity contribution in [3.63, 3.8) is 0 Å². The fourth-order valence-electron chi connectivity index (χ4n) is 3.03. The van der Waals surface area contributed by atoms with Gasteiger partial charge < -0.3 is 0 Å². The molecule has 1 saturated carbocycles. The van der Waals surface area contributed by atoms with E-state index >= 15 is 0 Å². The largest absolute Gasteiger partial charge is 0.285 e. The number of nitrogens with zero attached hydrogens (tertiary/aromatic N) is 2. The van der Waals surface area contributed by atoms with Crippen LogP contribution in [-0.2, 0) is 10.0 Å². The van der Waals surface area contributed by atoms with Crippen molar-refractivity contribution in [2.45, 2.75) is 30.7 Å². The molecule has 0 N–H and O–H groups in total. The quantitative estimate of drug-likeness (QED) is 0.776. The predicted molar refractivity (Wildman–Crippen MR) is 77.2 cm³/mol. The summed E-state index contributed by atoms with van der Waals surface area (Å²) >= 11 is 3.48. The minimum atomic E-state index is -3.78. The zero-order chi connectivity index (χ0) is 14.4. The van der Waals surface area contributed by atoms with Gasteiger partial charge in [0, 0.05) is 18.1 Å². The highest BCUT2D eigenvalue weighted by Gasteiger charge is 2.47. The number of sulfonamides is 1. The minimum Gasteiger partial charge on any atom is -0.268 e. The van der Waals surface area contributed by atoms with Crippen LogP contribution in [0.3, 0.4) is 0 Å². The first-order valence-corrected chi connectivity index (χ1v) is 9.14. The van der Waals surface area contributed by atoms with Crippen LogP contribution >= 0.6 is 15.9 Å². The molecular formula is C13H15BrN2O3S. The molecule has 0 saturated heterocycles. The summed E-state index contributed by atoms with van der Waals surface area (Å²) in [6, 6.07) is 3.11. The van der Waals surface area contributed by atoms with Crippen molar-refractivity contribution < 1.29 is 13.2 Å². The van der Waals surface area contributed by atoms with Gasteiger partial charge in [0.25, 0.3) is 15.9 Å². The second-order valence-electron chi connectivity index (χ2n) is 5.51. The lowest BCUT2D eigenvalue weighted by molar-refractivity contribution is 0.0831. The summed E-state index contributed by atoms with van der Waals surface area (Å²) in [5, 5.41) is 0.607. The van der Waals surface area contributed by atoms with E-state index in [-0.39, 0.29) is 22.5 Å². The van der Waals surface area contributed by atoms with Gasteiger partial charge in [0.2, 0.25) is 0 Å². The zero-order valence-electron chi connectivity index (χ0n) is 10.9. The van der Waals surface area contributed by atoms with Gasteiger partial charge in [-0.25, -0.2) is 9.29 Å². The molecule has 2 heterocycles. The Balaban J connectivity index is 1.98. The van der Waals surface area contributed by atoms with Crippen LogP contribution in [0.15, 0.2) is 23.4 Å². The van der Waals surface area contributed by atoms with Crippen LogP contribution in [0.2, 0.25) is 0 Å². The molecule has 1 aliphatic heterocycles. The number of carbonyl (C=O) groups is 1. The SMILES string of the molecule is O=C1c2cccnc2S(=O)(=O)N1CC1(CBr)CCCC1. The number of alkyl halides is 1. The Morgan fingerprint density at radius 1 is 1.35 bits per heavy atom. The molecule has 1 fully saturated rings. The first-order valence-electron chi connectivity index (χ1n) is 6.58. The molecule has 0 unspecified atom stereocenters. The Labute approximate surface area is 126 Å². The van der Waals surface area contributed by atoms with Gasteiger partial charge in [-0.05, 0) is 30.4 Å². The Hall–Kier alpha value is -0.950. The average Bonchev–Trinajstić information content (AvgIpc) is 2.99. The molecule has 1 aromatic rings. The summed E-state index contributed by atoms with van der Waals surface area (Å²) in [7, 11) is -3.78. The molecule has 108 valence electrons. The Bertz CT molecular complexity index is 653. The fraction of sp³-hybridized carbons (Fsp3) is 0.538. The van der Waals surface area contributed by atoms with Crippen LogP contribution in [0.5, 0.6) is 0 Å². The summed E-state index contributed by atoms with van der Waals surface area (Å²) in [4.78, 5) is 16.2. The number of pyridine rings is 1. The van der Waals surface area contributed by atoms with Gasteiger partial charge in [0.15, 0.2) is 5.03 Å². The van der Waals surface area contributed by atoms with E-state index in [9.17, 15) is 13.2 Å². The number of fused-ring (bicyclic) bond motifs is 1. The third-order valence-electron chi connectivity index (χ3n) is 4.19. The molecule has 0 bridgehead atoms. The highest BCUT2D eigenvalue weighted by molar-refractivity contribution is 9.09. The van der Waals surface area contributed by atoms with Gasteiger partial charge in [0.05, 0.1) is 5.56 Å². The maximum Gasteiger partial charge on any atom is 0.285 e. The van der Waals surface area contributed by atoms with Gasteiger partial charge in [-0.1, -0.05) is 28.8 Å². The second-order valence-corrected chi connectivity index (χ2v) is 7.85. The number of hydrogen-bond acceptors (Lipinski definition) is 4. The van der Waals surface area contributed by atoms with Gasteiger partial charge in [0.1, 0.15) is 0 Å². The van der Waals surface area contributed by atoms with Crippen molar-refractivity contribution in [3.8, 4) is 0 Å². The number of rotatable bonds is 3. The molecule has 1 aliphatic carbocycles. The van der Waals surface area contributed by atoms with Crippen molar-refractivity contribution in [1.29, 1.82) is 0 Å². The lowest BCUT2D eigenvalue weighted by atomic mass is 9.89. The molecular weight excluding hydrogens is 344 g/mol. The van der Waals surface area contributed by atoms with Gasteiger partial charge in [-0.3, -0.25) is 4.79 Å². The van der Waals surface area contributed by atoms with Crippen LogP contribution in [0.25, 0.3) is 0 Å². The lowest BCUT2D eigenvalue weighted by Crippen LogP contribution is -2.40. The van der Waals surface area contributed by atoms with E-state index in [2.05, 4.69) is 20.9 Å². The number of halogens is 1. The minimum absolute atomic E-state index is 0.104. The Morgan fingerprint density at radius 3 is 2.65 bits per heavy atom. The number of hydrogen-bond donors (Lipinski definition) is 0. The number of amides is 1. The number of carbonyl (C=O) groups excluding carboxylic acids is 1. The standard InChI is InChI=1S/C13H15BrN2O3S/c14-8-13(5-1-2-6-13)9-16-12(17)10-4-3-7-15-11(10)20(16,18)19/h3-4,7H,1-2,5-6,8-9H2. The summed E-state index contributed by atoms with van der Waals surface area (Å²) in [6.07, 6.45) is 5.46. The van der Waals surface area contributed by atoms with Gasteiger partial charge in [-0.2, -0.15) is 8.42 Å². The number of aromatic nitrogens is 1. The Morgan fingerprint density at radius 2 is 2.05 bits per heavy atom. The smallest absolute Gasteiger partial charge is 0.268 e. The maximum atomic E-state index is 12.5. The molecule has 0 spiro atoms. The molecule has 0 radical (unpaired) electrons. The summed E-state index contributed by atoms with van der Waals surface area (Å²) in [5.41, 5.74) is 0.0559. The highest BCUT2D eigenvalue weighted by Crippen LogP contribution is 2.42. The van der Waals surface area contributed by atoms with Crippen LogP contribution in [0.4, 0.5) is 0 Å². The molecule has 2 aliphatic rings. The monoisotopic (exact) mass is 358 g/mol. The van der Waals surface area contributed by atoms with E-state index in [1.54, 1.807) is 6.07 Å². The first kappa shape index (κ1) is 14.0. The Kier molecular flexibility index (Phi) is 3.36. The van der Waals surface area contributed by atoms with Crippen LogP contribution in [0, 0.1) is 5.41 Å². The van der Waals surface area contributed by atoms with Crippen molar-refractivity contribution in [2.75, 3.05) is 11.9 Å². The molecule has 3 rings (SSSR count). The average molecular weight is 359 g/mol. The zero-order valence-corrected chi connectivity index (χ0v) is 13.3. The second kappa shape index (κ2) is 4.80. The fourth-order valence-corrected chi connectivity index (χ4v) is 5.36. The predicted octanol–water partition coefficient (Wildman–Crippen LogP) is 2.18. The third-order valence-corrected chi connectivity index (χ3v) is 7.07. The van der Waals surface area contributed by atoms with Crippen LogP contribution < -0.4 is 0 Å². The van der Waals surface area contributed by atoms with Crippen LogP contribution in [0.1, 0.15) is 36.0 Å². The molecule has 20 heavy (non-hydrogen) atoms. The van der Waals surface area contributed by atoms with Crippen molar-refractivity contribution in [2.24, 2.45) is 5.41 Å². The lowest BCUT2D eigenvalue weighted by Gasteiger charge is -2.30. The van der Waals surface area contributed by atoms with Gasteiger partial charge in [-0.15, -0.1) is 0 Å². The van der Waals surface area contributed by atoms with E-state index in [0.717, 1.165) is 30.0 Å². The molecule has 0 aromatic carbocycles. The van der Waals surface area contributed by atoms with Gasteiger partial charge >= 0.3 is 0 Å². The summed E-state index contributed by atoms with van der Waals surface area (Å²) in [5.74, 6) is -0.444. The molecule has 5 nitrogen and oxygen atoms in total. The summed E-state index contributed by atoms with van der Waals surface area (Å²) < 4.78 is 25.9. The van der Waals surface area contributed by atoms with E-state index in [0.29, 0.717) is 5.33 Å². The van der Waals surface area contributed by atoms with Crippen LogP contribution in [-0.4, -0.2) is 35.5 Å². The highest BCUT2D eigenvalue weighted by atomic mass is 79.9. The molecule has 1 amide bonds. The first-order chi connectivity index (χ1) is 9.50. The van der Waals surface area contributed by atoms with Crippen molar-refractivity contribution in [1.82, 2.24) is 9.29 Å². The van der Waals surface area contributed by atoms with E-state index < -0.39 is 15.9 Å². The molecule has 0 atom stereocenters. The molecule has 7 heteroatoms.